The first-order chi connectivity index (χ1) is 11.8. The van der Waals surface area contributed by atoms with E-state index in [1.54, 1.807) is 12.4 Å². The highest BCUT2D eigenvalue weighted by Crippen LogP contribution is 2.21. The van der Waals surface area contributed by atoms with E-state index >= 15 is 0 Å². The van der Waals surface area contributed by atoms with Crippen molar-refractivity contribution < 1.29 is 4.79 Å². The Balaban J connectivity index is 1.71. The normalized spacial score (nSPS) is 10.4. The molecule has 0 unspecified atom stereocenters. The van der Waals surface area contributed by atoms with Crippen molar-refractivity contribution in [1.82, 2.24) is 15.6 Å². The van der Waals surface area contributed by atoms with Crippen LogP contribution in [0.25, 0.3) is 0 Å². The average molecular weight is 317 g/mol. The molecule has 2 N–H and O–H groups in total. The standard InChI is InChI=1S/C20H19N3O/c24-20(22-15-16-8-7-13-21-14-16)23-19(17-9-3-1-4-10-17)18-11-5-2-6-12-18/h1-14,19H,15H2,(H2,22,23,24). The van der Waals surface area contributed by atoms with Crippen molar-refractivity contribution in [3.63, 3.8) is 0 Å². The van der Waals surface area contributed by atoms with Gasteiger partial charge in [0.05, 0.1) is 6.04 Å². The molecule has 0 saturated heterocycles. The van der Waals surface area contributed by atoms with E-state index in [0.717, 1.165) is 16.7 Å². The lowest BCUT2D eigenvalue weighted by atomic mass is 9.99. The van der Waals surface area contributed by atoms with Gasteiger partial charge in [-0.15, -0.1) is 0 Å². The van der Waals surface area contributed by atoms with Gasteiger partial charge in [-0.25, -0.2) is 4.79 Å². The molecule has 3 rings (SSSR count). The summed E-state index contributed by atoms with van der Waals surface area (Å²) < 4.78 is 0. The van der Waals surface area contributed by atoms with Gasteiger partial charge in [-0.05, 0) is 22.8 Å². The fraction of sp³-hybridized carbons (Fsp3) is 0.100. The number of amides is 2. The van der Waals surface area contributed by atoms with E-state index in [0.29, 0.717) is 6.54 Å². The highest BCUT2D eigenvalue weighted by atomic mass is 16.2. The molecular formula is C20H19N3O. The highest BCUT2D eigenvalue weighted by molar-refractivity contribution is 5.75. The fourth-order valence-corrected chi connectivity index (χ4v) is 2.52. The molecule has 0 aliphatic heterocycles. The summed E-state index contributed by atoms with van der Waals surface area (Å²) >= 11 is 0. The summed E-state index contributed by atoms with van der Waals surface area (Å²) in [5.41, 5.74) is 3.05. The minimum absolute atomic E-state index is 0.193. The van der Waals surface area contributed by atoms with E-state index < -0.39 is 0 Å². The Kier molecular flexibility index (Phi) is 5.20. The molecule has 2 amide bonds. The zero-order chi connectivity index (χ0) is 16.6. The lowest BCUT2D eigenvalue weighted by molar-refractivity contribution is 0.238. The van der Waals surface area contributed by atoms with Crippen molar-refractivity contribution in [2.24, 2.45) is 0 Å². The number of urea groups is 1. The van der Waals surface area contributed by atoms with Gasteiger partial charge >= 0.3 is 6.03 Å². The molecule has 1 heterocycles. The Labute approximate surface area is 141 Å². The first-order valence-corrected chi connectivity index (χ1v) is 7.86. The fourth-order valence-electron chi connectivity index (χ4n) is 2.52. The van der Waals surface area contributed by atoms with Gasteiger partial charge in [-0.1, -0.05) is 66.7 Å². The number of benzene rings is 2. The van der Waals surface area contributed by atoms with Crippen LogP contribution in [0.5, 0.6) is 0 Å². The summed E-state index contributed by atoms with van der Waals surface area (Å²) in [6.07, 6.45) is 3.45. The molecule has 0 aliphatic carbocycles. The number of hydrogen-bond acceptors (Lipinski definition) is 2. The number of nitrogens with one attached hydrogen (secondary N) is 2. The number of pyridine rings is 1. The molecular weight excluding hydrogens is 298 g/mol. The van der Waals surface area contributed by atoms with Gasteiger partial charge in [-0.2, -0.15) is 0 Å². The summed E-state index contributed by atoms with van der Waals surface area (Å²) in [5.74, 6) is 0. The summed E-state index contributed by atoms with van der Waals surface area (Å²) in [6.45, 7) is 0.440. The summed E-state index contributed by atoms with van der Waals surface area (Å²) in [5, 5.41) is 5.93. The number of carbonyl (C=O) groups is 1. The van der Waals surface area contributed by atoms with Crippen LogP contribution in [-0.4, -0.2) is 11.0 Å². The van der Waals surface area contributed by atoms with Crippen molar-refractivity contribution in [3.8, 4) is 0 Å². The number of aromatic nitrogens is 1. The van der Waals surface area contributed by atoms with E-state index in [1.165, 1.54) is 0 Å². The van der Waals surface area contributed by atoms with Crippen LogP contribution in [0.1, 0.15) is 22.7 Å². The number of hydrogen-bond donors (Lipinski definition) is 2. The van der Waals surface area contributed by atoms with Gasteiger partial charge in [0.25, 0.3) is 0 Å². The maximum atomic E-state index is 12.3. The van der Waals surface area contributed by atoms with E-state index in [1.807, 2.05) is 72.8 Å². The third-order valence-electron chi connectivity index (χ3n) is 3.72. The monoisotopic (exact) mass is 317 g/mol. The molecule has 0 saturated carbocycles. The highest BCUT2D eigenvalue weighted by Gasteiger charge is 2.16. The predicted molar refractivity (Wildman–Crippen MR) is 94.3 cm³/mol. The molecule has 0 spiro atoms. The van der Waals surface area contributed by atoms with Crippen LogP contribution in [-0.2, 0) is 6.54 Å². The maximum absolute atomic E-state index is 12.3. The molecule has 0 fully saturated rings. The van der Waals surface area contributed by atoms with E-state index in [4.69, 9.17) is 0 Å². The van der Waals surface area contributed by atoms with Gasteiger partial charge in [0.1, 0.15) is 0 Å². The minimum Gasteiger partial charge on any atom is -0.334 e. The Morgan fingerprint density at radius 1 is 0.875 bits per heavy atom. The molecule has 1 aromatic heterocycles. The second kappa shape index (κ2) is 7.92. The SMILES string of the molecule is O=C(NCc1cccnc1)NC(c1ccccc1)c1ccccc1. The lowest BCUT2D eigenvalue weighted by Gasteiger charge is -2.20. The molecule has 2 aromatic carbocycles. The molecule has 4 heteroatoms. The first-order valence-electron chi connectivity index (χ1n) is 7.86. The smallest absolute Gasteiger partial charge is 0.315 e. The average Bonchev–Trinajstić information content (AvgIpc) is 2.67. The largest absolute Gasteiger partial charge is 0.334 e. The topological polar surface area (TPSA) is 54.0 Å². The predicted octanol–water partition coefficient (Wildman–Crippen LogP) is 3.67. The Morgan fingerprint density at radius 2 is 1.50 bits per heavy atom. The van der Waals surface area contributed by atoms with Crippen molar-refractivity contribution in [2.45, 2.75) is 12.6 Å². The number of carbonyl (C=O) groups excluding carboxylic acids is 1. The van der Waals surface area contributed by atoms with Crippen LogP contribution in [0.4, 0.5) is 4.79 Å². The molecule has 24 heavy (non-hydrogen) atoms. The van der Waals surface area contributed by atoms with Crippen molar-refractivity contribution in [3.05, 3.63) is 102 Å². The molecule has 0 atom stereocenters. The maximum Gasteiger partial charge on any atom is 0.315 e. The van der Waals surface area contributed by atoms with Crippen LogP contribution in [0.2, 0.25) is 0 Å². The van der Waals surface area contributed by atoms with Crippen molar-refractivity contribution in [1.29, 1.82) is 0 Å². The summed E-state index contributed by atoms with van der Waals surface area (Å²) in [6, 6.07) is 23.3. The molecule has 3 aromatic rings. The third-order valence-corrected chi connectivity index (χ3v) is 3.72. The second-order valence-corrected chi connectivity index (χ2v) is 5.44. The lowest BCUT2D eigenvalue weighted by Crippen LogP contribution is -2.38. The Morgan fingerprint density at radius 3 is 2.04 bits per heavy atom. The number of rotatable bonds is 5. The van der Waals surface area contributed by atoms with Gasteiger partial charge in [0.2, 0.25) is 0 Å². The zero-order valence-electron chi connectivity index (χ0n) is 13.2. The molecule has 120 valence electrons. The van der Waals surface area contributed by atoms with Crippen molar-refractivity contribution >= 4 is 6.03 Å². The van der Waals surface area contributed by atoms with E-state index in [-0.39, 0.29) is 12.1 Å². The second-order valence-electron chi connectivity index (χ2n) is 5.44. The quantitative estimate of drug-likeness (QED) is 0.754. The van der Waals surface area contributed by atoms with Gasteiger partial charge in [-0.3, -0.25) is 4.98 Å². The Hall–Kier alpha value is -3.14. The molecule has 4 nitrogen and oxygen atoms in total. The zero-order valence-corrected chi connectivity index (χ0v) is 13.2. The van der Waals surface area contributed by atoms with Gasteiger partial charge in [0.15, 0.2) is 0 Å². The summed E-state index contributed by atoms with van der Waals surface area (Å²) in [4.78, 5) is 16.4. The van der Waals surface area contributed by atoms with Crippen LogP contribution >= 0.6 is 0 Å². The van der Waals surface area contributed by atoms with E-state index in [2.05, 4.69) is 15.6 Å². The molecule has 0 bridgehead atoms. The van der Waals surface area contributed by atoms with Gasteiger partial charge < -0.3 is 10.6 Å². The molecule has 0 radical (unpaired) electrons. The Bertz CT molecular complexity index is 721. The van der Waals surface area contributed by atoms with Crippen LogP contribution in [0, 0.1) is 0 Å². The van der Waals surface area contributed by atoms with Crippen molar-refractivity contribution in [2.75, 3.05) is 0 Å². The molecule has 0 aliphatic rings. The first kappa shape index (κ1) is 15.7. The van der Waals surface area contributed by atoms with Gasteiger partial charge in [0, 0.05) is 18.9 Å². The minimum atomic E-state index is -0.212. The van der Waals surface area contributed by atoms with E-state index in [9.17, 15) is 4.79 Å². The summed E-state index contributed by atoms with van der Waals surface area (Å²) in [7, 11) is 0. The third kappa shape index (κ3) is 4.20. The van der Waals surface area contributed by atoms with Crippen LogP contribution in [0.3, 0.4) is 0 Å². The van der Waals surface area contributed by atoms with Crippen LogP contribution in [0.15, 0.2) is 85.2 Å². The van der Waals surface area contributed by atoms with Crippen LogP contribution < -0.4 is 10.6 Å². The number of nitrogens with zero attached hydrogens (tertiary/aromatic N) is 1.